The van der Waals surface area contributed by atoms with Gasteiger partial charge in [-0.05, 0) is 19.8 Å². The van der Waals surface area contributed by atoms with Crippen molar-refractivity contribution in [1.29, 1.82) is 0 Å². The fraction of sp³-hybridized carbons (Fsp3) is 0.636. The summed E-state index contributed by atoms with van der Waals surface area (Å²) in [6.07, 6.45) is 15.7. The zero-order valence-corrected chi connectivity index (χ0v) is 16.5. The molecule has 0 aliphatic rings. The highest BCUT2D eigenvalue weighted by Crippen LogP contribution is 2.10. The number of hydrogen-bond acceptors (Lipinski definition) is 3. The molecule has 0 bridgehead atoms. The molecule has 0 aliphatic carbocycles. The minimum Gasteiger partial charge on any atom is -0.463 e. The highest BCUT2D eigenvalue weighted by Gasteiger charge is 2.07. The Morgan fingerprint density at radius 3 is 2.08 bits per heavy atom. The van der Waals surface area contributed by atoms with Crippen LogP contribution in [-0.2, 0) is 20.8 Å². The molecule has 1 aromatic heterocycles. The molecule has 0 saturated carbocycles. The largest absolute Gasteiger partial charge is 0.463 e. The van der Waals surface area contributed by atoms with Gasteiger partial charge in [0, 0.05) is 25.2 Å². The summed E-state index contributed by atoms with van der Waals surface area (Å²) in [6.45, 7) is 7.94. The number of nitrogens with zero attached hydrogens (tertiary/aromatic N) is 1. The first-order chi connectivity index (χ1) is 12.7. The van der Waals surface area contributed by atoms with E-state index in [9.17, 15) is 4.79 Å². The highest BCUT2D eigenvalue weighted by atomic mass is 16.5. The standard InChI is InChI=1S/C22H36NO3/c1-3-26-22(24)21(2)20-25-19-15-10-8-6-4-5-7-9-12-16-23-17-13-11-14-18-23/h11,13-14,17-18H,2-10,12,15-16,19-20H2,1H3/q+1. The van der Waals surface area contributed by atoms with E-state index in [1.165, 1.54) is 51.4 Å². The van der Waals surface area contributed by atoms with Crippen molar-refractivity contribution < 1.29 is 18.8 Å². The van der Waals surface area contributed by atoms with E-state index in [4.69, 9.17) is 9.47 Å². The summed E-state index contributed by atoms with van der Waals surface area (Å²) < 4.78 is 12.6. The van der Waals surface area contributed by atoms with Crippen LogP contribution in [0.5, 0.6) is 0 Å². The number of esters is 1. The van der Waals surface area contributed by atoms with Crippen LogP contribution in [0.3, 0.4) is 0 Å². The normalized spacial score (nSPS) is 10.7. The van der Waals surface area contributed by atoms with Gasteiger partial charge in [0.2, 0.25) is 0 Å². The van der Waals surface area contributed by atoms with E-state index in [1.54, 1.807) is 6.92 Å². The van der Waals surface area contributed by atoms with E-state index in [2.05, 4.69) is 41.7 Å². The second kappa shape index (κ2) is 15.6. The van der Waals surface area contributed by atoms with E-state index in [0.29, 0.717) is 18.8 Å². The molecule has 0 radical (unpaired) electrons. The molecule has 1 aromatic rings. The van der Waals surface area contributed by atoms with Crippen LogP contribution in [0.15, 0.2) is 42.7 Å². The van der Waals surface area contributed by atoms with Gasteiger partial charge in [-0.15, -0.1) is 0 Å². The monoisotopic (exact) mass is 362 g/mol. The Hall–Kier alpha value is -1.68. The zero-order chi connectivity index (χ0) is 18.9. The summed E-state index contributed by atoms with van der Waals surface area (Å²) in [5, 5.41) is 0. The fourth-order valence-electron chi connectivity index (χ4n) is 2.81. The minimum absolute atomic E-state index is 0.278. The van der Waals surface area contributed by atoms with Crippen molar-refractivity contribution in [1.82, 2.24) is 0 Å². The van der Waals surface area contributed by atoms with Gasteiger partial charge >= 0.3 is 5.97 Å². The Labute approximate surface area is 159 Å². The molecule has 0 atom stereocenters. The highest BCUT2D eigenvalue weighted by molar-refractivity contribution is 5.87. The molecule has 0 spiro atoms. The molecule has 4 heteroatoms. The number of hydrogen-bond donors (Lipinski definition) is 0. The number of aryl methyl sites for hydroxylation is 1. The van der Waals surface area contributed by atoms with Crippen LogP contribution in [0.1, 0.15) is 64.7 Å². The first kappa shape index (κ1) is 22.4. The predicted molar refractivity (Wildman–Crippen MR) is 105 cm³/mol. The van der Waals surface area contributed by atoms with Crippen LogP contribution in [0.4, 0.5) is 0 Å². The second-order valence-electron chi connectivity index (χ2n) is 6.67. The number of rotatable bonds is 16. The summed E-state index contributed by atoms with van der Waals surface area (Å²) in [4.78, 5) is 11.3. The van der Waals surface area contributed by atoms with Crippen molar-refractivity contribution >= 4 is 5.97 Å². The van der Waals surface area contributed by atoms with Gasteiger partial charge in [0.1, 0.15) is 6.54 Å². The van der Waals surface area contributed by atoms with Gasteiger partial charge in [0.25, 0.3) is 0 Å². The van der Waals surface area contributed by atoms with Crippen LogP contribution >= 0.6 is 0 Å². The molecule has 0 aromatic carbocycles. The molecule has 146 valence electrons. The third-order valence-electron chi connectivity index (χ3n) is 4.32. The van der Waals surface area contributed by atoms with Crippen molar-refractivity contribution in [3.8, 4) is 0 Å². The Morgan fingerprint density at radius 1 is 0.885 bits per heavy atom. The van der Waals surface area contributed by atoms with Gasteiger partial charge in [0.05, 0.1) is 18.8 Å². The number of ether oxygens (including phenoxy) is 2. The maximum Gasteiger partial charge on any atom is 0.335 e. The Balaban J connectivity index is 1.79. The van der Waals surface area contributed by atoms with Crippen LogP contribution in [0.25, 0.3) is 0 Å². The molecule has 0 aliphatic heterocycles. The number of pyridine rings is 1. The van der Waals surface area contributed by atoms with Crippen LogP contribution < -0.4 is 4.57 Å². The first-order valence-electron chi connectivity index (χ1n) is 10.1. The van der Waals surface area contributed by atoms with E-state index < -0.39 is 0 Å². The topological polar surface area (TPSA) is 39.4 Å². The lowest BCUT2D eigenvalue weighted by Gasteiger charge is -2.06. The average Bonchev–Trinajstić information content (AvgIpc) is 2.66. The molecule has 0 saturated heterocycles. The van der Waals surface area contributed by atoms with Gasteiger partial charge in [-0.25, -0.2) is 9.36 Å². The lowest BCUT2D eigenvalue weighted by molar-refractivity contribution is -0.697. The van der Waals surface area contributed by atoms with Crippen molar-refractivity contribution in [3.63, 3.8) is 0 Å². The average molecular weight is 363 g/mol. The van der Waals surface area contributed by atoms with Crippen molar-refractivity contribution in [2.24, 2.45) is 0 Å². The smallest absolute Gasteiger partial charge is 0.335 e. The molecule has 0 fully saturated rings. The van der Waals surface area contributed by atoms with E-state index in [0.717, 1.165) is 13.0 Å². The molecule has 1 heterocycles. The minimum atomic E-state index is -0.352. The molecule has 26 heavy (non-hydrogen) atoms. The second-order valence-corrected chi connectivity index (χ2v) is 6.67. The van der Waals surface area contributed by atoms with E-state index >= 15 is 0 Å². The first-order valence-corrected chi connectivity index (χ1v) is 10.1. The maximum atomic E-state index is 11.3. The quantitative estimate of drug-likeness (QED) is 0.186. The van der Waals surface area contributed by atoms with Crippen molar-refractivity contribution in [3.05, 3.63) is 42.7 Å². The number of carbonyl (C=O) groups excluding carboxylic acids is 1. The van der Waals surface area contributed by atoms with Crippen LogP contribution in [-0.4, -0.2) is 25.8 Å². The van der Waals surface area contributed by atoms with Crippen LogP contribution in [0.2, 0.25) is 0 Å². The Morgan fingerprint density at radius 2 is 1.46 bits per heavy atom. The molecule has 4 nitrogen and oxygen atoms in total. The summed E-state index contributed by atoms with van der Waals surface area (Å²) in [7, 11) is 0. The van der Waals surface area contributed by atoms with Gasteiger partial charge in [-0.3, -0.25) is 0 Å². The van der Waals surface area contributed by atoms with Crippen LogP contribution in [0, 0.1) is 0 Å². The lowest BCUT2D eigenvalue weighted by atomic mass is 10.1. The fourth-order valence-corrected chi connectivity index (χ4v) is 2.81. The van der Waals surface area contributed by atoms with Crippen molar-refractivity contribution in [2.75, 3.05) is 19.8 Å². The predicted octanol–water partition coefficient (Wildman–Crippen LogP) is 4.62. The summed E-state index contributed by atoms with van der Waals surface area (Å²) >= 11 is 0. The maximum absolute atomic E-state index is 11.3. The molecule has 0 unspecified atom stereocenters. The molecular weight excluding hydrogens is 326 g/mol. The third-order valence-corrected chi connectivity index (χ3v) is 4.32. The number of carbonyl (C=O) groups is 1. The Bertz CT molecular complexity index is 487. The number of aromatic nitrogens is 1. The molecule has 0 amide bonds. The van der Waals surface area contributed by atoms with Gasteiger partial charge in [0.15, 0.2) is 12.4 Å². The van der Waals surface area contributed by atoms with E-state index in [1.807, 2.05) is 0 Å². The Kier molecular flexibility index (Phi) is 13.4. The SMILES string of the molecule is C=C(COCCCCCCCCCCC[n+]1ccccc1)C(=O)OCC. The zero-order valence-electron chi connectivity index (χ0n) is 16.5. The lowest BCUT2D eigenvalue weighted by Crippen LogP contribution is -2.32. The van der Waals surface area contributed by atoms with Gasteiger partial charge in [-0.1, -0.05) is 51.2 Å². The summed E-state index contributed by atoms with van der Waals surface area (Å²) in [6, 6.07) is 6.23. The molecule has 0 N–H and O–H groups in total. The van der Waals surface area contributed by atoms with Gasteiger partial charge < -0.3 is 9.47 Å². The van der Waals surface area contributed by atoms with E-state index in [-0.39, 0.29) is 12.6 Å². The molecule has 1 rings (SSSR count). The summed E-state index contributed by atoms with van der Waals surface area (Å²) in [5.74, 6) is -0.352. The third kappa shape index (κ3) is 11.8. The summed E-state index contributed by atoms with van der Waals surface area (Å²) in [5.41, 5.74) is 0.400. The number of unbranched alkanes of at least 4 members (excludes halogenated alkanes) is 8. The van der Waals surface area contributed by atoms with Crippen molar-refractivity contribution in [2.45, 2.75) is 71.3 Å². The van der Waals surface area contributed by atoms with Gasteiger partial charge in [-0.2, -0.15) is 0 Å². The molecular formula is C22H36NO3+.